The van der Waals surface area contributed by atoms with Crippen molar-refractivity contribution in [3.05, 3.63) is 29.8 Å². The Balaban J connectivity index is 2.84. The second-order valence-electron chi connectivity index (χ2n) is 4.19. The summed E-state index contributed by atoms with van der Waals surface area (Å²) in [6.45, 7) is 5.82. The van der Waals surface area contributed by atoms with Crippen molar-refractivity contribution < 1.29 is 14.3 Å². The molecule has 0 fully saturated rings. The van der Waals surface area contributed by atoms with Crippen LogP contribution in [0.15, 0.2) is 24.3 Å². The fourth-order valence-electron chi connectivity index (χ4n) is 1.43. The predicted octanol–water partition coefficient (Wildman–Crippen LogP) is 1.54. The van der Waals surface area contributed by atoms with E-state index in [-0.39, 0.29) is 12.6 Å². The van der Waals surface area contributed by atoms with E-state index in [0.29, 0.717) is 6.42 Å². The van der Waals surface area contributed by atoms with E-state index < -0.39 is 8.32 Å². The van der Waals surface area contributed by atoms with Gasteiger partial charge in [-0.15, -0.1) is 0 Å². The molecule has 0 aliphatic carbocycles. The van der Waals surface area contributed by atoms with Crippen molar-refractivity contribution >= 4 is 19.5 Å². The topological polar surface area (TPSA) is 46.5 Å². The van der Waals surface area contributed by atoms with E-state index in [2.05, 4.69) is 0 Å². The lowest BCUT2D eigenvalue weighted by Gasteiger charge is -2.23. The van der Waals surface area contributed by atoms with E-state index in [1.165, 1.54) is 0 Å². The molecule has 3 nitrogen and oxygen atoms in total. The summed E-state index contributed by atoms with van der Waals surface area (Å²) in [7, 11) is -2.13. The van der Waals surface area contributed by atoms with Crippen LogP contribution in [0.2, 0.25) is 13.1 Å². The first-order chi connectivity index (χ1) is 7.49. The lowest BCUT2D eigenvalue weighted by molar-refractivity contribution is -0.134. The minimum atomic E-state index is -2.13. The smallest absolute Gasteiger partial charge is 0.292 e. The molecule has 4 heteroatoms. The highest BCUT2D eigenvalue weighted by Gasteiger charge is 2.28. The molecule has 0 atom stereocenters. The van der Waals surface area contributed by atoms with Crippen LogP contribution in [0.5, 0.6) is 0 Å². The van der Waals surface area contributed by atoms with E-state index >= 15 is 0 Å². The summed E-state index contributed by atoms with van der Waals surface area (Å²) in [5.74, 6) is -0.150. The van der Waals surface area contributed by atoms with E-state index in [1.807, 2.05) is 37.4 Å². The van der Waals surface area contributed by atoms with Gasteiger partial charge in [-0.2, -0.15) is 0 Å². The Labute approximate surface area is 97.2 Å². The summed E-state index contributed by atoms with van der Waals surface area (Å²) >= 11 is 0. The Morgan fingerprint density at radius 1 is 1.31 bits per heavy atom. The van der Waals surface area contributed by atoms with Gasteiger partial charge in [0.05, 0.1) is 6.61 Å². The molecule has 0 saturated heterocycles. The molecule has 0 heterocycles. The number of aliphatic hydroxyl groups excluding tert-OH is 1. The summed E-state index contributed by atoms with van der Waals surface area (Å²) in [6, 6.07) is 7.59. The minimum Gasteiger partial charge on any atom is -0.515 e. The van der Waals surface area contributed by atoms with Crippen molar-refractivity contribution in [3.63, 3.8) is 0 Å². The van der Waals surface area contributed by atoms with Crippen molar-refractivity contribution in [3.8, 4) is 0 Å². The number of carbonyl (C=O) groups excluding carboxylic acids is 1. The van der Waals surface area contributed by atoms with Gasteiger partial charge in [-0.05, 0) is 23.8 Å². The van der Waals surface area contributed by atoms with Crippen LogP contribution >= 0.6 is 0 Å². The minimum absolute atomic E-state index is 0.0387. The molecule has 0 unspecified atom stereocenters. The van der Waals surface area contributed by atoms with Crippen LogP contribution < -0.4 is 5.19 Å². The molecule has 0 radical (unpaired) electrons. The molecule has 0 aliphatic rings. The van der Waals surface area contributed by atoms with Crippen LogP contribution in [-0.2, 0) is 15.8 Å². The van der Waals surface area contributed by atoms with Gasteiger partial charge in [0, 0.05) is 6.42 Å². The van der Waals surface area contributed by atoms with Gasteiger partial charge in [-0.25, -0.2) is 0 Å². The lowest BCUT2D eigenvalue weighted by atomic mass is 10.2. The Kier molecular flexibility index (Phi) is 4.26. The van der Waals surface area contributed by atoms with Crippen LogP contribution in [-0.4, -0.2) is 19.4 Å². The maximum Gasteiger partial charge on any atom is 0.292 e. The van der Waals surface area contributed by atoms with Crippen molar-refractivity contribution in [1.29, 1.82) is 0 Å². The summed E-state index contributed by atoms with van der Waals surface area (Å²) in [5.41, 5.74) is 0.871. The number of rotatable bonds is 4. The third-order valence-electron chi connectivity index (χ3n) is 2.49. The summed E-state index contributed by atoms with van der Waals surface area (Å²) in [5, 5.41) is 10.0. The van der Waals surface area contributed by atoms with Gasteiger partial charge < -0.3 is 9.53 Å². The van der Waals surface area contributed by atoms with Gasteiger partial charge in [0.15, 0.2) is 0 Å². The first-order valence-electron chi connectivity index (χ1n) is 5.41. The largest absolute Gasteiger partial charge is 0.515 e. The maximum atomic E-state index is 11.3. The average Bonchev–Trinajstić information content (AvgIpc) is 2.28. The zero-order chi connectivity index (χ0) is 12.2. The highest BCUT2D eigenvalue weighted by molar-refractivity contribution is 6.85. The van der Waals surface area contributed by atoms with Crippen molar-refractivity contribution in [1.82, 2.24) is 0 Å². The van der Waals surface area contributed by atoms with E-state index in [4.69, 9.17) is 9.53 Å². The maximum absolute atomic E-state index is 11.3. The standard InChI is InChI=1S/C12H18O3Si/c1-4-12(14)15-16(2,3)11-7-5-10(9-13)6-8-11/h5-8,13H,4,9H2,1-3H3. The molecule has 1 aromatic carbocycles. The van der Waals surface area contributed by atoms with Crippen LogP contribution in [0, 0.1) is 0 Å². The number of carbonyl (C=O) groups is 1. The first-order valence-corrected chi connectivity index (χ1v) is 8.32. The number of aliphatic hydroxyl groups is 1. The third kappa shape index (κ3) is 3.18. The molecule has 1 aromatic rings. The Bertz CT molecular complexity index is 357. The molecule has 0 saturated carbocycles. The molecule has 16 heavy (non-hydrogen) atoms. The molecular formula is C12H18O3Si. The van der Waals surface area contributed by atoms with Gasteiger partial charge in [0.1, 0.15) is 0 Å². The van der Waals surface area contributed by atoms with Crippen LogP contribution in [0.1, 0.15) is 18.9 Å². The first kappa shape index (κ1) is 12.9. The molecule has 1 N–H and O–H groups in total. The molecule has 0 aromatic heterocycles. The Morgan fingerprint density at radius 2 is 1.88 bits per heavy atom. The highest BCUT2D eigenvalue weighted by Crippen LogP contribution is 2.08. The normalized spacial score (nSPS) is 11.2. The van der Waals surface area contributed by atoms with E-state index in [0.717, 1.165) is 10.8 Å². The SMILES string of the molecule is CCC(=O)O[Si](C)(C)c1ccc(CO)cc1. The summed E-state index contributed by atoms with van der Waals surface area (Å²) in [6.07, 6.45) is 0.408. The molecule has 88 valence electrons. The summed E-state index contributed by atoms with van der Waals surface area (Å²) < 4.78 is 5.48. The molecule has 0 spiro atoms. The average molecular weight is 238 g/mol. The second kappa shape index (κ2) is 5.27. The molecule has 0 aliphatic heterocycles. The quantitative estimate of drug-likeness (QED) is 0.809. The number of hydrogen-bond donors (Lipinski definition) is 1. The van der Waals surface area contributed by atoms with Crippen LogP contribution in [0.25, 0.3) is 0 Å². The fourth-order valence-corrected chi connectivity index (χ4v) is 3.23. The van der Waals surface area contributed by atoms with Gasteiger partial charge in [0.25, 0.3) is 14.3 Å². The number of benzene rings is 1. The van der Waals surface area contributed by atoms with Crippen LogP contribution in [0.3, 0.4) is 0 Å². The van der Waals surface area contributed by atoms with E-state index in [9.17, 15) is 4.79 Å². The van der Waals surface area contributed by atoms with Gasteiger partial charge in [0.2, 0.25) is 0 Å². The molecular weight excluding hydrogens is 220 g/mol. The zero-order valence-electron chi connectivity index (χ0n) is 9.99. The van der Waals surface area contributed by atoms with Crippen molar-refractivity contribution in [2.45, 2.75) is 33.0 Å². The van der Waals surface area contributed by atoms with Crippen LogP contribution in [0.4, 0.5) is 0 Å². The zero-order valence-corrected chi connectivity index (χ0v) is 11.0. The second-order valence-corrected chi connectivity index (χ2v) is 8.00. The molecule has 0 amide bonds. The third-order valence-corrected chi connectivity index (χ3v) is 4.95. The summed E-state index contributed by atoms with van der Waals surface area (Å²) in [4.78, 5) is 11.3. The Morgan fingerprint density at radius 3 is 2.31 bits per heavy atom. The predicted molar refractivity (Wildman–Crippen MR) is 65.9 cm³/mol. The lowest BCUT2D eigenvalue weighted by Crippen LogP contribution is -2.46. The molecule has 1 rings (SSSR count). The number of hydrogen-bond acceptors (Lipinski definition) is 3. The highest BCUT2D eigenvalue weighted by atomic mass is 28.4. The van der Waals surface area contributed by atoms with Crippen molar-refractivity contribution in [2.24, 2.45) is 0 Å². The molecule has 0 bridgehead atoms. The monoisotopic (exact) mass is 238 g/mol. The van der Waals surface area contributed by atoms with Crippen molar-refractivity contribution in [2.75, 3.05) is 0 Å². The fraction of sp³-hybridized carbons (Fsp3) is 0.417. The van der Waals surface area contributed by atoms with Gasteiger partial charge in [-0.3, -0.25) is 4.79 Å². The van der Waals surface area contributed by atoms with Gasteiger partial charge in [-0.1, -0.05) is 31.2 Å². The Hall–Kier alpha value is -1.13. The van der Waals surface area contributed by atoms with E-state index in [1.54, 1.807) is 6.92 Å². The van der Waals surface area contributed by atoms with Gasteiger partial charge >= 0.3 is 0 Å².